The van der Waals surface area contributed by atoms with Crippen molar-refractivity contribution in [1.82, 2.24) is 0 Å². The molecule has 0 unspecified atom stereocenters. The second-order valence-electron chi connectivity index (χ2n) is 4.88. The standard InChI is InChI=1S/C15H11Cl4NO3S/c1-9-6-11(3-5-12(9)17)20(8-15(19)21)24(22,23)14-7-10(16)2-4-13(14)18/h2-7H,8H2,1H3. The Kier molecular flexibility index (Phi) is 6.04. The summed E-state index contributed by atoms with van der Waals surface area (Å²) in [7, 11) is -4.16. The average molecular weight is 427 g/mol. The molecule has 0 N–H and O–H groups in total. The average Bonchev–Trinajstić information content (AvgIpc) is 2.50. The molecule has 2 aromatic rings. The summed E-state index contributed by atoms with van der Waals surface area (Å²) in [6.07, 6.45) is 0. The summed E-state index contributed by atoms with van der Waals surface area (Å²) < 4.78 is 26.8. The molecule has 4 nitrogen and oxygen atoms in total. The Morgan fingerprint density at radius 1 is 1.04 bits per heavy atom. The largest absolute Gasteiger partial charge is 0.279 e. The minimum atomic E-state index is -4.16. The van der Waals surface area contributed by atoms with Crippen molar-refractivity contribution in [2.75, 3.05) is 10.8 Å². The zero-order chi connectivity index (χ0) is 18.1. The summed E-state index contributed by atoms with van der Waals surface area (Å²) >= 11 is 23.3. The van der Waals surface area contributed by atoms with Crippen LogP contribution in [-0.4, -0.2) is 20.2 Å². The fraction of sp³-hybridized carbons (Fsp3) is 0.133. The Morgan fingerprint density at radius 3 is 2.25 bits per heavy atom. The second-order valence-corrected chi connectivity index (χ2v) is 8.38. The van der Waals surface area contributed by atoms with Gasteiger partial charge in [-0.1, -0.05) is 34.8 Å². The highest BCUT2D eigenvalue weighted by Crippen LogP contribution is 2.32. The molecule has 0 fully saturated rings. The molecule has 0 aliphatic carbocycles. The Labute approximate surface area is 159 Å². The minimum Gasteiger partial charge on any atom is -0.279 e. The zero-order valence-electron chi connectivity index (χ0n) is 12.3. The van der Waals surface area contributed by atoms with Gasteiger partial charge in [-0.3, -0.25) is 9.10 Å². The molecule has 0 bridgehead atoms. The van der Waals surface area contributed by atoms with Gasteiger partial charge in [0.05, 0.1) is 10.7 Å². The Hall–Kier alpha value is -0.980. The van der Waals surface area contributed by atoms with Crippen molar-refractivity contribution in [2.24, 2.45) is 0 Å². The number of carbonyl (C=O) groups excluding carboxylic acids is 1. The van der Waals surface area contributed by atoms with E-state index in [1.807, 2.05) is 0 Å². The molecule has 0 amide bonds. The third-order valence-corrected chi connectivity index (χ3v) is 6.19. The van der Waals surface area contributed by atoms with Crippen LogP contribution in [0.4, 0.5) is 5.69 Å². The van der Waals surface area contributed by atoms with Crippen LogP contribution < -0.4 is 4.31 Å². The first kappa shape index (κ1) is 19.3. The van der Waals surface area contributed by atoms with Crippen LogP contribution in [0.25, 0.3) is 0 Å². The van der Waals surface area contributed by atoms with Crippen molar-refractivity contribution in [3.63, 3.8) is 0 Å². The summed E-state index contributed by atoms with van der Waals surface area (Å²) in [5, 5.41) is -0.196. The van der Waals surface area contributed by atoms with Crippen molar-refractivity contribution in [3.8, 4) is 0 Å². The van der Waals surface area contributed by atoms with Gasteiger partial charge in [0.15, 0.2) is 0 Å². The molecule has 0 aromatic heterocycles. The van der Waals surface area contributed by atoms with E-state index in [2.05, 4.69) is 0 Å². The molecule has 0 spiro atoms. The SMILES string of the molecule is Cc1cc(N(CC(=O)Cl)S(=O)(=O)c2cc(Cl)ccc2Cl)ccc1Cl. The van der Waals surface area contributed by atoms with E-state index in [-0.39, 0.29) is 20.6 Å². The molecule has 0 saturated carbocycles. The molecule has 0 aliphatic rings. The van der Waals surface area contributed by atoms with Crippen molar-refractivity contribution >= 4 is 67.4 Å². The molecular formula is C15H11Cl4NO3S. The summed E-state index contributed by atoms with van der Waals surface area (Å²) in [6, 6.07) is 8.60. The van der Waals surface area contributed by atoms with Gasteiger partial charge < -0.3 is 0 Å². The number of aryl methyl sites for hydroxylation is 1. The highest BCUT2D eigenvalue weighted by Gasteiger charge is 2.29. The second kappa shape index (κ2) is 7.50. The molecule has 0 atom stereocenters. The van der Waals surface area contributed by atoms with Gasteiger partial charge in [0.25, 0.3) is 10.0 Å². The maximum absolute atomic E-state index is 13.0. The van der Waals surface area contributed by atoms with Crippen LogP contribution in [0.5, 0.6) is 0 Å². The third-order valence-electron chi connectivity index (χ3n) is 3.16. The van der Waals surface area contributed by atoms with Gasteiger partial charge in [-0.25, -0.2) is 8.42 Å². The smallest absolute Gasteiger partial charge is 0.266 e. The van der Waals surface area contributed by atoms with E-state index in [1.54, 1.807) is 6.92 Å². The van der Waals surface area contributed by atoms with Crippen LogP contribution in [0, 0.1) is 6.92 Å². The van der Waals surface area contributed by atoms with Crippen molar-refractivity contribution in [2.45, 2.75) is 11.8 Å². The number of benzene rings is 2. The van der Waals surface area contributed by atoms with E-state index >= 15 is 0 Å². The predicted molar refractivity (Wildman–Crippen MR) is 98.0 cm³/mol. The monoisotopic (exact) mass is 425 g/mol. The number of nitrogens with zero attached hydrogens (tertiary/aromatic N) is 1. The lowest BCUT2D eigenvalue weighted by Gasteiger charge is -2.24. The topological polar surface area (TPSA) is 54.5 Å². The van der Waals surface area contributed by atoms with Gasteiger partial charge in [-0.15, -0.1) is 0 Å². The first-order valence-corrected chi connectivity index (χ1v) is 9.50. The van der Waals surface area contributed by atoms with Gasteiger partial charge >= 0.3 is 0 Å². The quantitative estimate of drug-likeness (QED) is 0.637. The maximum atomic E-state index is 13.0. The van der Waals surface area contributed by atoms with Crippen molar-refractivity contribution in [1.29, 1.82) is 0 Å². The number of sulfonamides is 1. The predicted octanol–water partition coefficient (Wildman–Crippen LogP) is 4.92. The summed E-state index contributed by atoms with van der Waals surface area (Å²) in [5.41, 5.74) is 0.885. The van der Waals surface area contributed by atoms with Gasteiger partial charge in [0, 0.05) is 10.0 Å². The maximum Gasteiger partial charge on any atom is 0.266 e. The number of hydrogen-bond acceptors (Lipinski definition) is 3. The highest BCUT2D eigenvalue weighted by atomic mass is 35.5. The fourth-order valence-corrected chi connectivity index (χ4v) is 4.47. The molecule has 128 valence electrons. The number of anilines is 1. The molecule has 24 heavy (non-hydrogen) atoms. The molecule has 0 heterocycles. The number of carbonyl (C=O) groups is 1. The molecular weight excluding hydrogens is 416 g/mol. The zero-order valence-corrected chi connectivity index (χ0v) is 16.1. The first-order chi connectivity index (χ1) is 11.1. The van der Waals surface area contributed by atoms with E-state index in [1.165, 1.54) is 36.4 Å². The number of halogens is 4. The summed E-state index contributed by atoms with van der Waals surface area (Å²) in [6.45, 7) is 1.15. The van der Waals surface area contributed by atoms with Crippen molar-refractivity contribution in [3.05, 3.63) is 57.0 Å². The van der Waals surface area contributed by atoms with Crippen molar-refractivity contribution < 1.29 is 13.2 Å². The van der Waals surface area contributed by atoms with Gasteiger partial charge in [0.1, 0.15) is 11.4 Å². The third kappa shape index (κ3) is 4.16. The Balaban J connectivity index is 2.64. The first-order valence-electron chi connectivity index (χ1n) is 6.55. The number of hydrogen-bond donors (Lipinski definition) is 0. The van der Waals surface area contributed by atoms with E-state index in [9.17, 15) is 13.2 Å². The lowest BCUT2D eigenvalue weighted by molar-refractivity contribution is -0.110. The van der Waals surface area contributed by atoms with Crippen LogP contribution in [0.1, 0.15) is 5.56 Å². The fourth-order valence-electron chi connectivity index (χ4n) is 2.01. The normalized spacial score (nSPS) is 11.4. The van der Waals surface area contributed by atoms with E-state index < -0.39 is 21.8 Å². The van der Waals surface area contributed by atoms with Crippen LogP contribution in [-0.2, 0) is 14.8 Å². The molecule has 0 radical (unpaired) electrons. The minimum absolute atomic E-state index is 0.0166. The molecule has 2 aromatic carbocycles. The van der Waals surface area contributed by atoms with Gasteiger partial charge in [0.2, 0.25) is 5.24 Å². The Bertz CT molecular complexity index is 900. The summed E-state index contributed by atoms with van der Waals surface area (Å²) in [5.74, 6) is 0. The van der Waals surface area contributed by atoms with Gasteiger partial charge in [-0.05, 0) is 60.5 Å². The van der Waals surface area contributed by atoms with E-state index in [4.69, 9.17) is 46.4 Å². The summed E-state index contributed by atoms with van der Waals surface area (Å²) in [4.78, 5) is 11.2. The lowest BCUT2D eigenvalue weighted by Crippen LogP contribution is -2.34. The lowest BCUT2D eigenvalue weighted by atomic mass is 10.2. The van der Waals surface area contributed by atoms with Crippen LogP contribution in [0.3, 0.4) is 0 Å². The van der Waals surface area contributed by atoms with Crippen LogP contribution >= 0.6 is 46.4 Å². The molecule has 2 rings (SSSR count). The van der Waals surface area contributed by atoms with Gasteiger partial charge in [-0.2, -0.15) is 0 Å². The Morgan fingerprint density at radius 2 is 1.67 bits per heavy atom. The van der Waals surface area contributed by atoms with E-state index in [0.717, 1.165) is 4.31 Å². The van der Waals surface area contributed by atoms with Crippen LogP contribution in [0.15, 0.2) is 41.3 Å². The highest BCUT2D eigenvalue weighted by molar-refractivity contribution is 7.93. The van der Waals surface area contributed by atoms with Crippen LogP contribution in [0.2, 0.25) is 15.1 Å². The number of rotatable bonds is 5. The molecule has 9 heteroatoms. The molecule has 0 aliphatic heterocycles. The molecule has 0 saturated heterocycles. The van der Waals surface area contributed by atoms with E-state index in [0.29, 0.717) is 10.6 Å².